The third kappa shape index (κ3) is 3.03. The van der Waals surface area contributed by atoms with Crippen molar-refractivity contribution in [3.05, 3.63) is 23.8 Å². The molecule has 0 radical (unpaired) electrons. The van der Waals surface area contributed by atoms with E-state index in [9.17, 15) is 0 Å². The molecule has 0 spiro atoms. The van der Waals surface area contributed by atoms with E-state index in [1.807, 2.05) is 13.0 Å². The van der Waals surface area contributed by atoms with Gasteiger partial charge in [0.2, 0.25) is 0 Å². The van der Waals surface area contributed by atoms with Crippen LogP contribution in [0.25, 0.3) is 0 Å². The maximum absolute atomic E-state index is 6.15. The van der Waals surface area contributed by atoms with Gasteiger partial charge in [-0.05, 0) is 31.9 Å². The number of benzene rings is 1. The van der Waals surface area contributed by atoms with Gasteiger partial charge in [-0.25, -0.2) is 0 Å². The monoisotopic (exact) mass is 262 g/mol. The number of ether oxygens (including phenoxy) is 1. The summed E-state index contributed by atoms with van der Waals surface area (Å²) in [7, 11) is 3.91. The van der Waals surface area contributed by atoms with Gasteiger partial charge in [-0.3, -0.25) is 0 Å². The van der Waals surface area contributed by atoms with Crippen LogP contribution in [-0.2, 0) is 0 Å². The van der Waals surface area contributed by atoms with Crippen LogP contribution in [0, 0.1) is 0 Å². The van der Waals surface area contributed by atoms with E-state index in [2.05, 4.69) is 24.1 Å². The second kappa shape index (κ2) is 6.29. The van der Waals surface area contributed by atoms with Gasteiger partial charge in [0.25, 0.3) is 0 Å². The standard InChI is InChI=1S/C16H26N2O/c1-12(17)16-14(10-7-11-15(16)19-3)18(2)13-8-5-4-6-9-13/h7,10-13H,4-6,8-9,17H2,1-3H3. The second-order valence-electron chi connectivity index (χ2n) is 5.58. The summed E-state index contributed by atoms with van der Waals surface area (Å²) in [5.74, 6) is 0.898. The molecule has 0 saturated heterocycles. The highest BCUT2D eigenvalue weighted by Crippen LogP contribution is 2.36. The Morgan fingerprint density at radius 1 is 1.26 bits per heavy atom. The van der Waals surface area contributed by atoms with Crippen LogP contribution in [-0.4, -0.2) is 20.2 Å². The number of hydrogen-bond acceptors (Lipinski definition) is 3. The molecule has 0 amide bonds. The molecule has 2 rings (SSSR count). The van der Waals surface area contributed by atoms with Gasteiger partial charge in [0.1, 0.15) is 5.75 Å². The van der Waals surface area contributed by atoms with Crippen LogP contribution in [0.15, 0.2) is 18.2 Å². The summed E-state index contributed by atoms with van der Waals surface area (Å²) >= 11 is 0. The molecule has 19 heavy (non-hydrogen) atoms. The van der Waals surface area contributed by atoms with Crippen molar-refractivity contribution in [3.63, 3.8) is 0 Å². The highest BCUT2D eigenvalue weighted by Gasteiger charge is 2.22. The lowest BCUT2D eigenvalue weighted by Gasteiger charge is -2.35. The van der Waals surface area contributed by atoms with Crippen LogP contribution in [0.3, 0.4) is 0 Å². The highest BCUT2D eigenvalue weighted by molar-refractivity contribution is 5.61. The molecule has 106 valence electrons. The Hall–Kier alpha value is -1.22. The molecule has 0 aromatic heterocycles. The Morgan fingerprint density at radius 3 is 2.53 bits per heavy atom. The topological polar surface area (TPSA) is 38.5 Å². The van der Waals surface area contributed by atoms with Crippen molar-refractivity contribution in [1.29, 1.82) is 0 Å². The number of methoxy groups -OCH3 is 1. The van der Waals surface area contributed by atoms with Crippen molar-refractivity contribution in [2.24, 2.45) is 5.73 Å². The molecule has 2 N–H and O–H groups in total. The van der Waals surface area contributed by atoms with Gasteiger partial charge in [-0.1, -0.05) is 25.3 Å². The van der Waals surface area contributed by atoms with E-state index in [0.717, 1.165) is 11.3 Å². The van der Waals surface area contributed by atoms with Crippen molar-refractivity contribution in [2.45, 2.75) is 51.1 Å². The lowest BCUT2D eigenvalue weighted by atomic mass is 9.93. The van der Waals surface area contributed by atoms with E-state index in [4.69, 9.17) is 10.5 Å². The summed E-state index contributed by atoms with van der Waals surface area (Å²) in [6, 6.07) is 6.84. The average molecular weight is 262 g/mol. The quantitative estimate of drug-likeness (QED) is 0.902. The van der Waals surface area contributed by atoms with Crippen LogP contribution in [0.4, 0.5) is 5.69 Å². The first kappa shape index (κ1) is 14.2. The fourth-order valence-corrected chi connectivity index (χ4v) is 3.14. The van der Waals surface area contributed by atoms with E-state index in [-0.39, 0.29) is 6.04 Å². The lowest BCUT2D eigenvalue weighted by molar-refractivity contribution is 0.404. The molecule has 0 bridgehead atoms. The molecular formula is C16H26N2O. The molecule has 3 nitrogen and oxygen atoms in total. The lowest BCUT2D eigenvalue weighted by Crippen LogP contribution is -2.34. The van der Waals surface area contributed by atoms with E-state index in [1.54, 1.807) is 7.11 Å². The molecule has 1 unspecified atom stereocenters. The molecule has 1 aliphatic carbocycles. The number of anilines is 1. The fraction of sp³-hybridized carbons (Fsp3) is 0.625. The first-order chi connectivity index (χ1) is 9.15. The maximum atomic E-state index is 6.15. The Bertz CT molecular complexity index is 411. The Kier molecular flexibility index (Phi) is 4.70. The van der Waals surface area contributed by atoms with Crippen molar-refractivity contribution in [1.82, 2.24) is 0 Å². The van der Waals surface area contributed by atoms with Crippen LogP contribution in [0.1, 0.15) is 50.6 Å². The Balaban J connectivity index is 2.32. The van der Waals surface area contributed by atoms with Gasteiger partial charge in [-0.15, -0.1) is 0 Å². The SMILES string of the molecule is COc1cccc(N(C)C2CCCCC2)c1C(C)N. The second-order valence-corrected chi connectivity index (χ2v) is 5.58. The van der Waals surface area contributed by atoms with Gasteiger partial charge >= 0.3 is 0 Å². The van der Waals surface area contributed by atoms with Crippen molar-refractivity contribution in [3.8, 4) is 5.75 Å². The molecule has 0 aliphatic heterocycles. The number of hydrogen-bond donors (Lipinski definition) is 1. The van der Waals surface area contributed by atoms with E-state index >= 15 is 0 Å². The predicted octanol–water partition coefficient (Wildman–Crippen LogP) is 3.48. The maximum Gasteiger partial charge on any atom is 0.125 e. The molecule has 1 aliphatic rings. The minimum atomic E-state index is -0.0165. The van der Waals surface area contributed by atoms with E-state index < -0.39 is 0 Å². The summed E-state index contributed by atoms with van der Waals surface area (Å²) < 4.78 is 5.48. The summed E-state index contributed by atoms with van der Waals surface area (Å²) in [5.41, 5.74) is 8.50. The van der Waals surface area contributed by atoms with Gasteiger partial charge in [0.15, 0.2) is 0 Å². The number of rotatable bonds is 4. The normalized spacial score (nSPS) is 18.1. The molecular weight excluding hydrogens is 236 g/mol. The minimum absolute atomic E-state index is 0.0165. The van der Waals surface area contributed by atoms with E-state index in [0.29, 0.717) is 6.04 Å². The van der Waals surface area contributed by atoms with Crippen molar-refractivity contribution >= 4 is 5.69 Å². The third-order valence-electron chi connectivity index (χ3n) is 4.22. The zero-order valence-electron chi connectivity index (χ0n) is 12.4. The summed E-state index contributed by atoms with van der Waals surface area (Å²) in [4.78, 5) is 2.40. The largest absolute Gasteiger partial charge is 0.496 e. The fourth-order valence-electron chi connectivity index (χ4n) is 3.14. The summed E-state index contributed by atoms with van der Waals surface area (Å²) in [6.45, 7) is 2.02. The van der Waals surface area contributed by atoms with Gasteiger partial charge in [-0.2, -0.15) is 0 Å². The Labute approximate surface area is 116 Å². The van der Waals surface area contributed by atoms with Crippen molar-refractivity contribution in [2.75, 3.05) is 19.1 Å². The number of nitrogens with zero attached hydrogens (tertiary/aromatic N) is 1. The molecule has 1 saturated carbocycles. The van der Waals surface area contributed by atoms with Gasteiger partial charge in [0.05, 0.1) is 7.11 Å². The van der Waals surface area contributed by atoms with Crippen molar-refractivity contribution < 1.29 is 4.74 Å². The zero-order chi connectivity index (χ0) is 13.8. The minimum Gasteiger partial charge on any atom is -0.496 e. The molecule has 3 heteroatoms. The van der Waals surface area contributed by atoms with Crippen LogP contribution >= 0.6 is 0 Å². The molecule has 1 fully saturated rings. The van der Waals surface area contributed by atoms with Crippen LogP contribution in [0.5, 0.6) is 5.75 Å². The highest BCUT2D eigenvalue weighted by atomic mass is 16.5. The summed E-state index contributed by atoms with van der Waals surface area (Å²) in [6.07, 6.45) is 6.62. The van der Waals surface area contributed by atoms with Crippen LogP contribution < -0.4 is 15.4 Å². The Morgan fingerprint density at radius 2 is 1.95 bits per heavy atom. The number of nitrogens with two attached hydrogens (primary N) is 1. The molecule has 1 atom stereocenters. The smallest absolute Gasteiger partial charge is 0.125 e. The molecule has 1 aromatic rings. The van der Waals surface area contributed by atoms with Gasteiger partial charge < -0.3 is 15.4 Å². The third-order valence-corrected chi connectivity index (χ3v) is 4.22. The first-order valence-electron chi connectivity index (χ1n) is 7.30. The first-order valence-corrected chi connectivity index (χ1v) is 7.30. The zero-order valence-corrected chi connectivity index (χ0v) is 12.4. The molecule has 0 heterocycles. The molecule has 1 aromatic carbocycles. The summed E-state index contributed by atoms with van der Waals surface area (Å²) in [5, 5.41) is 0. The average Bonchev–Trinajstić information content (AvgIpc) is 2.46. The van der Waals surface area contributed by atoms with Crippen LogP contribution in [0.2, 0.25) is 0 Å². The predicted molar refractivity (Wildman–Crippen MR) is 80.9 cm³/mol. The van der Waals surface area contributed by atoms with Gasteiger partial charge in [0, 0.05) is 30.4 Å². The van der Waals surface area contributed by atoms with E-state index in [1.165, 1.54) is 37.8 Å².